The maximum Gasteiger partial charge on any atom is 0.261 e. The van der Waals surface area contributed by atoms with E-state index in [0.29, 0.717) is 46.1 Å². The number of amides is 4. The molecule has 7 aromatic carbocycles. The molecule has 0 bridgehead atoms. The zero-order chi connectivity index (χ0) is 36.4. The summed E-state index contributed by atoms with van der Waals surface area (Å²) in [6.07, 6.45) is 1.03. The smallest absolute Gasteiger partial charge is 0.261 e. The van der Waals surface area contributed by atoms with Gasteiger partial charge in [0.1, 0.15) is 0 Å². The van der Waals surface area contributed by atoms with E-state index in [2.05, 4.69) is 60.7 Å². The molecule has 6 nitrogen and oxygen atoms in total. The summed E-state index contributed by atoms with van der Waals surface area (Å²) in [5.74, 6) is -1.13. The summed E-state index contributed by atoms with van der Waals surface area (Å²) >= 11 is 0. The van der Waals surface area contributed by atoms with Gasteiger partial charge in [-0.15, -0.1) is 0 Å². The Morgan fingerprint density at radius 1 is 0.385 bits per heavy atom. The van der Waals surface area contributed by atoms with Crippen molar-refractivity contribution in [2.24, 2.45) is 0 Å². The van der Waals surface area contributed by atoms with Gasteiger partial charge in [-0.3, -0.25) is 29.0 Å². The molecule has 52 heavy (non-hydrogen) atoms. The molecule has 7 aromatic rings. The average molecular weight is 691 g/mol. The number of fused-ring (bicyclic) bond motifs is 2. The van der Waals surface area contributed by atoms with Crippen molar-refractivity contribution in [2.45, 2.75) is 55.4 Å². The highest BCUT2D eigenvalue weighted by atomic mass is 16.2. The van der Waals surface area contributed by atoms with Crippen LogP contribution in [0.25, 0.3) is 43.1 Å². The van der Waals surface area contributed by atoms with Crippen LogP contribution in [0.4, 0.5) is 0 Å². The molecule has 9 rings (SSSR count). The van der Waals surface area contributed by atoms with Crippen LogP contribution >= 0.6 is 0 Å². The summed E-state index contributed by atoms with van der Waals surface area (Å²) in [7, 11) is 0. The van der Waals surface area contributed by atoms with E-state index < -0.39 is 0 Å². The summed E-state index contributed by atoms with van der Waals surface area (Å²) in [6, 6.07) is 35.9. The van der Waals surface area contributed by atoms with Crippen LogP contribution in [0.15, 0.2) is 109 Å². The van der Waals surface area contributed by atoms with Crippen LogP contribution in [0.5, 0.6) is 0 Å². The first-order chi connectivity index (χ1) is 24.9. The molecule has 2 aliphatic rings. The predicted octanol–water partition coefficient (Wildman–Crippen LogP) is 10.9. The number of hydrogen-bond donors (Lipinski definition) is 0. The second-order valence-corrected chi connectivity index (χ2v) is 12.0. The Bertz CT molecular complexity index is 2140. The maximum atomic E-state index is 13.1. The number of carbonyl (C=O) groups excluding carboxylic acids is 4. The number of nitrogens with zero attached hydrogens (tertiary/aromatic N) is 2. The van der Waals surface area contributed by atoms with Crippen LogP contribution in [-0.2, 0) is 6.42 Å². The third kappa shape index (κ3) is 5.88. The quantitative estimate of drug-likeness (QED) is 0.105. The fraction of sp³-hybridized carbons (Fsp3) is 0.217. The lowest BCUT2D eigenvalue weighted by Gasteiger charge is -2.29. The average Bonchev–Trinajstić information content (AvgIpc) is 3.18. The van der Waals surface area contributed by atoms with Gasteiger partial charge in [-0.25, -0.2) is 0 Å². The molecule has 264 valence electrons. The standard InChI is InChI=1S/C28H18N2O4.C13H12.2C2H6.CH4/c1-3-29-25(31)17-9-5-13-15-7-11-19-24-20(28(34)30(4-2)27(19)33)12-8-16(22(15)24)14-6-10-18(26(29)32)23(17)21(13)14;1-3-7-12(8-4-1)11-13-9-5-2-6-10-13;2*1-2;/h5-12H,3-4H2,1-2H3;1-10H,11H2;2*1-2H3;1H4. The summed E-state index contributed by atoms with van der Waals surface area (Å²) in [4.78, 5) is 55.0. The van der Waals surface area contributed by atoms with Crippen molar-refractivity contribution < 1.29 is 19.2 Å². The van der Waals surface area contributed by atoms with Gasteiger partial charge in [-0.05, 0) is 88.0 Å². The van der Waals surface area contributed by atoms with Crippen LogP contribution in [0.3, 0.4) is 0 Å². The molecule has 0 aromatic heterocycles. The van der Waals surface area contributed by atoms with Crippen LogP contribution < -0.4 is 0 Å². The van der Waals surface area contributed by atoms with E-state index >= 15 is 0 Å². The second kappa shape index (κ2) is 15.6. The molecule has 6 heteroatoms. The molecule has 0 fully saturated rings. The summed E-state index contributed by atoms with van der Waals surface area (Å²) < 4.78 is 0. The maximum absolute atomic E-state index is 13.1. The molecule has 4 amide bonds. The summed E-state index contributed by atoms with van der Waals surface area (Å²) in [5, 5.41) is 6.69. The van der Waals surface area contributed by atoms with Gasteiger partial charge < -0.3 is 0 Å². The molecule has 0 saturated heterocycles. The topological polar surface area (TPSA) is 74.8 Å². The Labute approximate surface area is 306 Å². The SMILES string of the molecule is C.CC.CC.CCN1C(=O)c2ccc3c4ccc5c6c(ccc(c7ccc(c2c37)C1=O)c64)C(=O)N(CC)C5=O.c1ccc(Cc2ccccc2)cc1. The molecule has 0 saturated carbocycles. The lowest BCUT2D eigenvalue weighted by Crippen LogP contribution is -2.40. The van der Waals surface area contributed by atoms with Gasteiger partial charge in [0, 0.05) is 46.1 Å². The summed E-state index contributed by atoms with van der Waals surface area (Å²) in [5.41, 5.74) is 4.83. The lowest BCUT2D eigenvalue weighted by atomic mass is 9.82. The monoisotopic (exact) mass is 690 g/mol. The fourth-order valence-corrected chi connectivity index (χ4v) is 7.37. The zero-order valence-corrected chi connectivity index (χ0v) is 30.0. The van der Waals surface area contributed by atoms with E-state index in [1.54, 1.807) is 38.1 Å². The molecule has 0 unspecified atom stereocenters. The van der Waals surface area contributed by atoms with Crippen LogP contribution in [-0.4, -0.2) is 46.5 Å². The predicted molar refractivity (Wildman–Crippen MR) is 215 cm³/mol. The molecule has 0 aliphatic carbocycles. The van der Waals surface area contributed by atoms with Crippen molar-refractivity contribution in [1.82, 2.24) is 9.80 Å². The Hall–Kier alpha value is -5.88. The third-order valence-corrected chi connectivity index (χ3v) is 9.53. The van der Waals surface area contributed by atoms with Gasteiger partial charge >= 0.3 is 0 Å². The van der Waals surface area contributed by atoms with Crippen LogP contribution in [0.1, 0.15) is 102 Å². The van der Waals surface area contributed by atoms with E-state index in [0.717, 1.165) is 38.7 Å². The number of imide groups is 2. The minimum atomic E-state index is -0.282. The third-order valence-electron chi connectivity index (χ3n) is 9.53. The second-order valence-electron chi connectivity index (χ2n) is 12.0. The van der Waals surface area contributed by atoms with Crippen molar-refractivity contribution in [2.75, 3.05) is 13.1 Å². The number of rotatable bonds is 4. The number of hydrogen-bond acceptors (Lipinski definition) is 4. The molecule has 2 aliphatic heterocycles. The first-order valence-electron chi connectivity index (χ1n) is 17.9. The van der Waals surface area contributed by atoms with E-state index in [1.165, 1.54) is 20.9 Å². The lowest BCUT2D eigenvalue weighted by molar-refractivity contribution is 0.0603. The van der Waals surface area contributed by atoms with Gasteiger partial charge in [0.25, 0.3) is 23.6 Å². The van der Waals surface area contributed by atoms with Crippen molar-refractivity contribution in [3.05, 3.63) is 143 Å². The van der Waals surface area contributed by atoms with Gasteiger partial charge in [0.2, 0.25) is 0 Å². The molecular weight excluding hydrogens is 645 g/mol. The number of benzene rings is 7. The molecular formula is C46H46N2O4. The van der Waals surface area contributed by atoms with E-state index in [-0.39, 0.29) is 31.1 Å². The zero-order valence-electron chi connectivity index (χ0n) is 30.0. The molecule has 2 heterocycles. The van der Waals surface area contributed by atoms with Crippen molar-refractivity contribution >= 4 is 66.7 Å². The van der Waals surface area contributed by atoms with Crippen LogP contribution in [0.2, 0.25) is 0 Å². The van der Waals surface area contributed by atoms with Crippen LogP contribution in [0, 0.1) is 0 Å². The van der Waals surface area contributed by atoms with Gasteiger partial charge in [-0.1, -0.05) is 120 Å². The largest absolute Gasteiger partial charge is 0.275 e. The highest BCUT2D eigenvalue weighted by Crippen LogP contribution is 2.46. The Kier molecular flexibility index (Phi) is 11.2. The Morgan fingerprint density at radius 2 is 0.654 bits per heavy atom. The van der Waals surface area contributed by atoms with Gasteiger partial charge in [0.15, 0.2) is 0 Å². The summed E-state index contributed by atoms with van der Waals surface area (Å²) in [6.45, 7) is 12.2. The first-order valence-corrected chi connectivity index (χ1v) is 17.9. The fourth-order valence-electron chi connectivity index (χ4n) is 7.37. The molecule has 0 spiro atoms. The van der Waals surface area contributed by atoms with Gasteiger partial charge in [-0.2, -0.15) is 0 Å². The van der Waals surface area contributed by atoms with E-state index in [9.17, 15) is 19.2 Å². The van der Waals surface area contributed by atoms with E-state index in [1.807, 2.05) is 52.0 Å². The van der Waals surface area contributed by atoms with Crippen molar-refractivity contribution in [3.63, 3.8) is 0 Å². The minimum Gasteiger partial charge on any atom is -0.275 e. The minimum absolute atomic E-state index is 0. The van der Waals surface area contributed by atoms with Gasteiger partial charge in [0.05, 0.1) is 0 Å². The Morgan fingerprint density at radius 3 is 0.904 bits per heavy atom. The highest BCUT2D eigenvalue weighted by molar-refractivity contribution is 6.41. The van der Waals surface area contributed by atoms with Crippen molar-refractivity contribution in [1.29, 1.82) is 0 Å². The molecule has 0 radical (unpaired) electrons. The molecule has 0 N–H and O–H groups in total. The highest BCUT2D eigenvalue weighted by Gasteiger charge is 2.35. The van der Waals surface area contributed by atoms with E-state index in [4.69, 9.17) is 0 Å². The normalized spacial score (nSPS) is 13.0. The first kappa shape index (κ1) is 37.4. The molecule has 0 atom stereocenters. The van der Waals surface area contributed by atoms with Crippen molar-refractivity contribution in [3.8, 4) is 0 Å². The number of carbonyl (C=O) groups is 4. The Balaban J connectivity index is 0.000000245.